The van der Waals surface area contributed by atoms with Crippen LogP contribution in [0.15, 0.2) is 35.6 Å². The van der Waals surface area contributed by atoms with Gasteiger partial charge in [0, 0.05) is 26.2 Å². The maximum Gasteiger partial charge on any atom is 0.258 e. The fourth-order valence-corrected chi connectivity index (χ4v) is 2.68. The Bertz CT molecular complexity index is 819. The van der Waals surface area contributed by atoms with Gasteiger partial charge in [-0.15, -0.1) is 24.0 Å². The van der Waals surface area contributed by atoms with Crippen molar-refractivity contribution in [2.24, 2.45) is 12.0 Å². The molecule has 0 aliphatic heterocycles. The summed E-state index contributed by atoms with van der Waals surface area (Å²) in [4.78, 5) is 20.4. The molecular formula is C20H30IN7O2. The van der Waals surface area contributed by atoms with Crippen LogP contribution in [0.5, 0.6) is 5.75 Å². The number of nitrogens with zero attached hydrogens (tertiary/aromatic N) is 4. The van der Waals surface area contributed by atoms with Crippen molar-refractivity contribution in [3.63, 3.8) is 0 Å². The molecule has 1 aliphatic carbocycles. The minimum atomic E-state index is -0.0580. The lowest BCUT2D eigenvalue weighted by Crippen LogP contribution is -2.38. The number of hydrogen-bond donors (Lipinski definition) is 3. The van der Waals surface area contributed by atoms with Gasteiger partial charge in [0.15, 0.2) is 12.6 Å². The molecule has 1 aromatic heterocycles. The molecule has 1 heterocycles. The number of aliphatic imine (C=N–C) groups is 1. The fourth-order valence-electron chi connectivity index (χ4n) is 2.68. The van der Waals surface area contributed by atoms with E-state index in [0.717, 1.165) is 44.1 Å². The monoisotopic (exact) mass is 527 g/mol. The van der Waals surface area contributed by atoms with E-state index in [0.29, 0.717) is 18.3 Å². The number of nitrogens with one attached hydrogen (secondary N) is 3. The molecule has 1 amide bonds. The number of guanidine groups is 1. The Hall–Kier alpha value is -2.37. The predicted molar refractivity (Wildman–Crippen MR) is 126 cm³/mol. The van der Waals surface area contributed by atoms with E-state index >= 15 is 0 Å². The van der Waals surface area contributed by atoms with Gasteiger partial charge in [0.25, 0.3) is 5.91 Å². The van der Waals surface area contributed by atoms with Crippen molar-refractivity contribution in [1.82, 2.24) is 30.7 Å². The molecule has 0 saturated heterocycles. The SMILES string of the molecule is CCNC(=NCc1ncnn1C)NCCc1ccc(OCC(=O)NC2CC2)cc1.I. The van der Waals surface area contributed by atoms with Gasteiger partial charge >= 0.3 is 0 Å². The van der Waals surface area contributed by atoms with Gasteiger partial charge in [0.1, 0.15) is 24.4 Å². The third kappa shape index (κ3) is 8.17. The van der Waals surface area contributed by atoms with Crippen molar-refractivity contribution in [1.29, 1.82) is 0 Å². The van der Waals surface area contributed by atoms with Crippen LogP contribution in [0.2, 0.25) is 0 Å². The van der Waals surface area contributed by atoms with E-state index in [-0.39, 0.29) is 36.5 Å². The normalized spacial score (nSPS) is 13.3. The smallest absolute Gasteiger partial charge is 0.258 e. The van der Waals surface area contributed by atoms with Gasteiger partial charge in [-0.25, -0.2) is 9.98 Å². The van der Waals surface area contributed by atoms with Gasteiger partial charge in [-0.05, 0) is 43.9 Å². The van der Waals surface area contributed by atoms with Crippen molar-refractivity contribution in [2.75, 3.05) is 19.7 Å². The molecule has 2 aromatic rings. The number of hydrogen-bond acceptors (Lipinski definition) is 5. The second-order valence-electron chi connectivity index (χ2n) is 6.95. The highest BCUT2D eigenvalue weighted by Crippen LogP contribution is 2.18. The number of rotatable bonds is 10. The maximum absolute atomic E-state index is 11.7. The van der Waals surface area contributed by atoms with E-state index in [4.69, 9.17) is 4.74 Å². The van der Waals surface area contributed by atoms with Crippen LogP contribution in [0.3, 0.4) is 0 Å². The summed E-state index contributed by atoms with van der Waals surface area (Å²) in [5, 5.41) is 13.5. The first-order valence-electron chi connectivity index (χ1n) is 10.00. The van der Waals surface area contributed by atoms with Gasteiger partial charge < -0.3 is 20.7 Å². The molecule has 1 fully saturated rings. The van der Waals surface area contributed by atoms with Crippen LogP contribution in [-0.2, 0) is 24.8 Å². The summed E-state index contributed by atoms with van der Waals surface area (Å²) in [6.07, 6.45) is 4.53. The fraction of sp³-hybridized carbons (Fsp3) is 0.500. The van der Waals surface area contributed by atoms with Crippen LogP contribution in [0.25, 0.3) is 0 Å². The molecule has 3 N–H and O–H groups in total. The van der Waals surface area contributed by atoms with Gasteiger partial charge in [0.05, 0.1) is 0 Å². The van der Waals surface area contributed by atoms with Crippen molar-refractivity contribution in [3.8, 4) is 5.75 Å². The van der Waals surface area contributed by atoms with E-state index in [9.17, 15) is 4.79 Å². The zero-order valence-corrected chi connectivity index (χ0v) is 19.8. The van der Waals surface area contributed by atoms with Gasteiger partial charge in [-0.3, -0.25) is 9.48 Å². The second-order valence-corrected chi connectivity index (χ2v) is 6.95. The average Bonchev–Trinajstić information content (AvgIpc) is 3.44. The molecule has 30 heavy (non-hydrogen) atoms. The zero-order valence-electron chi connectivity index (χ0n) is 17.4. The Morgan fingerprint density at radius 1 is 1.27 bits per heavy atom. The van der Waals surface area contributed by atoms with E-state index < -0.39 is 0 Å². The molecule has 0 atom stereocenters. The Kier molecular flexibility index (Phi) is 9.84. The lowest BCUT2D eigenvalue weighted by molar-refractivity contribution is -0.123. The summed E-state index contributed by atoms with van der Waals surface area (Å²) in [6.45, 7) is 4.08. The number of ether oxygens (including phenoxy) is 1. The summed E-state index contributed by atoms with van der Waals surface area (Å²) in [6, 6.07) is 8.18. The molecule has 3 rings (SSSR count). The Balaban J connectivity index is 0.00000320. The lowest BCUT2D eigenvalue weighted by atomic mass is 10.1. The molecule has 9 nitrogen and oxygen atoms in total. The molecule has 164 valence electrons. The highest BCUT2D eigenvalue weighted by atomic mass is 127. The predicted octanol–water partition coefficient (Wildman–Crippen LogP) is 1.39. The van der Waals surface area contributed by atoms with Crippen molar-refractivity contribution < 1.29 is 9.53 Å². The lowest BCUT2D eigenvalue weighted by Gasteiger charge is -2.11. The third-order valence-corrected chi connectivity index (χ3v) is 4.47. The summed E-state index contributed by atoms with van der Waals surface area (Å²) >= 11 is 0. The van der Waals surface area contributed by atoms with Crippen LogP contribution in [0.1, 0.15) is 31.2 Å². The van der Waals surface area contributed by atoms with Crippen LogP contribution in [0.4, 0.5) is 0 Å². The maximum atomic E-state index is 11.7. The summed E-state index contributed by atoms with van der Waals surface area (Å²) in [7, 11) is 1.85. The first-order valence-corrected chi connectivity index (χ1v) is 10.00. The van der Waals surface area contributed by atoms with Crippen molar-refractivity contribution in [2.45, 2.75) is 38.8 Å². The Morgan fingerprint density at radius 3 is 2.67 bits per heavy atom. The molecule has 0 bridgehead atoms. The largest absolute Gasteiger partial charge is 0.484 e. The highest BCUT2D eigenvalue weighted by molar-refractivity contribution is 14.0. The number of carbonyl (C=O) groups excluding carboxylic acids is 1. The molecule has 0 radical (unpaired) electrons. The quantitative estimate of drug-likeness (QED) is 0.245. The number of amides is 1. The van der Waals surface area contributed by atoms with E-state index in [2.05, 4.69) is 31.0 Å². The Morgan fingerprint density at radius 2 is 2.03 bits per heavy atom. The highest BCUT2D eigenvalue weighted by Gasteiger charge is 2.23. The molecule has 1 saturated carbocycles. The molecule has 0 spiro atoms. The van der Waals surface area contributed by atoms with E-state index in [1.54, 1.807) is 4.68 Å². The molecule has 0 unspecified atom stereocenters. The molecule has 1 aliphatic rings. The molecular weight excluding hydrogens is 497 g/mol. The molecule has 10 heteroatoms. The van der Waals surface area contributed by atoms with E-state index in [1.165, 1.54) is 11.9 Å². The number of aromatic nitrogens is 3. The van der Waals surface area contributed by atoms with Gasteiger partial charge in [0.2, 0.25) is 0 Å². The second kappa shape index (κ2) is 12.4. The number of benzene rings is 1. The zero-order chi connectivity index (χ0) is 20.5. The van der Waals surface area contributed by atoms with Crippen molar-refractivity contribution >= 4 is 35.8 Å². The standard InChI is InChI=1S/C20H29N7O2.HI/c1-3-21-20(23-12-18-24-14-25-27(18)2)22-11-10-15-4-8-17(9-5-15)29-13-19(28)26-16-6-7-16;/h4-5,8-9,14,16H,3,6-7,10-13H2,1-2H3,(H,26,28)(H2,21,22,23);1H. The number of carbonyl (C=O) groups is 1. The summed E-state index contributed by atoms with van der Waals surface area (Å²) in [5.74, 6) is 2.20. The number of aryl methyl sites for hydroxylation is 1. The van der Waals surface area contributed by atoms with Crippen molar-refractivity contribution in [3.05, 3.63) is 42.0 Å². The minimum Gasteiger partial charge on any atom is -0.484 e. The van der Waals surface area contributed by atoms with Crippen LogP contribution in [-0.4, -0.2) is 52.4 Å². The minimum absolute atomic E-state index is 0. The van der Waals surface area contributed by atoms with Crippen LogP contribution >= 0.6 is 24.0 Å². The first kappa shape index (κ1) is 23.9. The average molecular weight is 527 g/mol. The van der Waals surface area contributed by atoms with E-state index in [1.807, 2.05) is 38.2 Å². The third-order valence-electron chi connectivity index (χ3n) is 4.47. The topological polar surface area (TPSA) is 105 Å². The van der Waals surface area contributed by atoms with Gasteiger partial charge in [-0.1, -0.05) is 12.1 Å². The summed E-state index contributed by atoms with van der Waals surface area (Å²) in [5.41, 5.74) is 1.18. The summed E-state index contributed by atoms with van der Waals surface area (Å²) < 4.78 is 7.25. The van der Waals surface area contributed by atoms with Crippen LogP contribution in [0, 0.1) is 0 Å². The number of halogens is 1. The first-order chi connectivity index (χ1) is 14.1. The molecule has 1 aromatic carbocycles. The Labute approximate surface area is 194 Å². The van der Waals surface area contributed by atoms with Crippen LogP contribution < -0.4 is 20.7 Å². The van der Waals surface area contributed by atoms with Gasteiger partial charge in [-0.2, -0.15) is 5.10 Å².